The molecule has 1 aromatic carbocycles. The number of aliphatic hydroxyl groups excluding tert-OH is 2. The minimum atomic E-state index is -1.50. The van der Waals surface area contributed by atoms with Gasteiger partial charge in [0.2, 0.25) is 0 Å². The molecular formula is C17H20O7. The first-order chi connectivity index (χ1) is 11.3. The maximum atomic E-state index is 11.3. The molecule has 7 nitrogen and oxygen atoms in total. The topological polar surface area (TPSA) is 116 Å². The van der Waals surface area contributed by atoms with E-state index < -0.39 is 29.9 Å². The average molecular weight is 336 g/mol. The van der Waals surface area contributed by atoms with E-state index in [1.165, 1.54) is 24.3 Å². The Hall–Kier alpha value is -2.35. The molecule has 0 saturated heterocycles. The lowest BCUT2D eigenvalue weighted by Crippen LogP contribution is -2.15. The molecule has 0 saturated carbocycles. The Balaban J connectivity index is 2.55. The average Bonchev–Trinajstić information content (AvgIpc) is 2.66. The Bertz CT molecular complexity index is 690. The summed E-state index contributed by atoms with van der Waals surface area (Å²) >= 11 is 0. The molecule has 4 N–H and O–H groups in total. The van der Waals surface area contributed by atoms with Gasteiger partial charge in [-0.25, -0.2) is 0 Å². The number of phenols is 2. The van der Waals surface area contributed by atoms with Crippen molar-refractivity contribution in [3.05, 3.63) is 40.7 Å². The lowest BCUT2D eigenvalue weighted by molar-refractivity contribution is -0.138. The van der Waals surface area contributed by atoms with Crippen LogP contribution in [0.2, 0.25) is 0 Å². The van der Waals surface area contributed by atoms with Crippen molar-refractivity contribution in [2.45, 2.75) is 32.7 Å². The number of carbonyl (C=O) groups excluding carboxylic acids is 1. The van der Waals surface area contributed by atoms with Gasteiger partial charge < -0.3 is 29.9 Å². The van der Waals surface area contributed by atoms with Crippen molar-refractivity contribution >= 4 is 12.0 Å². The molecule has 0 heterocycles. The summed E-state index contributed by atoms with van der Waals surface area (Å²) in [7, 11) is 0. The third-order valence-corrected chi connectivity index (χ3v) is 3.43. The van der Waals surface area contributed by atoms with Crippen LogP contribution in [0.25, 0.3) is 6.08 Å². The van der Waals surface area contributed by atoms with E-state index in [2.05, 4.69) is 0 Å². The summed E-state index contributed by atoms with van der Waals surface area (Å²) < 4.78 is 10.2. The number of aromatic hydroxyl groups is 2. The van der Waals surface area contributed by atoms with Gasteiger partial charge in [-0.3, -0.25) is 4.79 Å². The molecule has 2 rings (SSSR count). The van der Waals surface area contributed by atoms with Crippen LogP contribution in [0.4, 0.5) is 0 Å². The third kappa shape index (κ3) is 3.76. The van der Waals surface area contributed by atoms with Gasteiger partial charge in [-0.05, 0) is 30.2 Å². The number of ether oxygens (including phenoxy) is 2. The molecule has 0 radical (unpaired) electrons. The summed E-state index contributed by atoms with van der Waals surface area (Å²) in [5, 5.41) is 40.3. The van der Waals surface area contributed by atoms with E-state index in [4.69, 9.17) is 9.47 Å². The van der Waals surface area contributed by atoms with Crippen molar-refractivity contribution in [2.24, 2.45) is 0 Å². The molecule has 2 unspecified atom stereocenters. The summed E-state index contributed by atoms with van der Waals surface area (Å²) in [5.41, 5.74) is 0.563. The van der Waals surface area contributed by atoms with Gasteiger partial charge in [0.25, 0.3) is 0 Å². The van der Waals surface area contributed by atoms with Crippen molar-refractivity contribution in [3.63, 3.8) is 0 Å². The number of aliphatic hydroxyl groups is 2. The number of fused-ring (bicyclic) bond motifs is 1. The molecule has 24 heavy (non-hydrogen) atoms. The fourth-order valence-corrected chi connectivity index (χ4v) is 2.35. The molecule has 0 aliphatic heterocycles. The molecule has 1 aliphatic rings. The van der Waals surface area contributed by atoms with Crippen LogP contribution in [0.3, 0.4) is 0 Å². The predicted molar refractivity (Wildman–Crippen MR) is 84.8 cm³/mol. The van der Waals surface area contributed by atoms with Gasteiger partial charge in [0, 0.05) is 24.7 Å². The second kappa shape index (κ2) is 7.48. The van der Waals surface area contributed by atoms with Crippen LogP contribution in [0, 0.1) is 0 Å². The molecule has 0 fully saturated rings. The third-order valence-electron chi connectivity index (χ3n) is 3.43. The first kappa shape index (κ1) is 18.0. The number of benzene rings is 1. The smallest absolute Gasteiger partial charge is 0.307 e. The zero-order valence-corrected chi connectivity index (χ0v) is 13.4. The van der Waals surface area contributed by atoms with Crippen LogP contribution < -0.4 is 0 Å². The van der Waals surface area contributed by atoms with Gasteiger partial charge in [0.05, 0.1) is 0 Å². The van der Waals surface area contributed by atoms with E-state index in [0.29, 0.717) is 18.6 Å². The summed E-state index contributed by atoms with van der Waals surface area (Å²) in [6, 6.07) is 2.72. The first-order valence-electron chi connectivity index (χ1n) is 7.49. The number of esters is 1. The Labute approximate surface area is 139 Å². The number of phenolic OH excluding ortho intramolecular Hbond substituents is 2. The highest BCUT2D eigenvalue weighted by Crippen LogP contribution is 2.41. The van der Waals surface area contributed by atoms with Gasteiger partial charge >= 0.3 is 5.97 Å². The fourth-order valence-electron chi connectivity index (χ4n) is 2.35. The SMILES string of the molecule is CCCOC(O)C1=Cc2ccc(O)c(O)c2C(O)C(OC(C)=O)=C1. The zero-order valence-electron chi connectivity index (χ0n) is 13.4. The molecule has 130 valence electrons. The Kier molecular flexibility index (Phi) is 5.61. The monoisotopic (exact) mass is 336 g/mol. The van der Waals surface area contributed by atoms with Gasteiger partial charge in [-0.2, -0.15) is 0 Å². The Morgan fingerprint density at radius 1 is 1.29 bits per heavy atom. The number of hydrogen-bond acceptors (Lipinski definition) is 7. The van der Waals surface area contributed by atoms with Crippen molar-refractivity contribution in [1.29, 1.82) is 0 Å². The van der Waals surface area contributed by atoms with E-state index in [-0.39, 0.29) is 16.9 Å². The standard InChI is InChI=1S/C17H20O7/c1-3-6-23-17(22)11-7-10-4-5-12(19)15(20)14(10)16(21)13(8-11)24-9(2)18/h4-5,7-8,16-17,19-22H,3,6H2,1-2H3. The Morgan fingerprint density at radius 2 is 2.00 bits per heavy atom. The number of rotatable bonds is 5. The van der Waals surface area contributed by atoms with Crippen LogP contribution in [-0.2, 0) is 14.3 Å². The first-order valence-corrected chi connectivity index (χ1v) is 7.49. The van der Waals surface area contributed by atoms with Crippen molar-refractivity contribution in [1.82, 2.24) is 0 Å². The minimum Gasteiger partial charge on any atom is -0.504 e. The van der Waals surface area contributed by atoms with Crippen LogP contribution in [0.1, 0.15) is 37.5 Å². The van der Waals surface area contributed by atoms with E-state index in [1.807, 2.05) is 6.92 Å². The molecule has 2 atom stereocenters. The highest BCUT2D eigenvalue weighted by atomic mass is 16.6. The highest BCUT2D eigenvalue weighted by molar-refractivity contribution is 5.71. The molecular weight excluding hydrogens is 316 g/mol. The maximum Gasteiger partial charge on any atom is 0.307 e. The van der Waals surface area contributed by atoms with E-state index in [1.54, 1.807) is 0 Å². The van der Waals surface area contributed by atoms with Gasteiger partial charge in [0.1, 0.15) is 11.9 Å². The summed E-state index contributed by atoms with van der Waals surface area (Å²) in [6.45, 7) is 3.36. The van der Waals surface area contributed by atoms with Gasteiger partial charge in [0.15, 0.2) is 17.8 Å². The molecule has 0 bridgehead atoms. The van der Waals surface area contributed by atoms with E-state index in [9.17, 15) is 25.2 Å². The number of carbonyl (C=O) groups is 1. The molecule has 0 aromatic heterocycles. The van der Waals surface area contributed by atoms with Gasteiger partial charge in [-0.1, -0.05) is 13.0 Å². The minimum absolute atomic E-state index is 0.0276. The van der Waals surface area contributed by atoms with E-state index in [0.717, 1.165) is 6.92 Å². The highest BCUT2D eigenvalue weighted by Gasteiger charge is 2.28. The van der Waals surface area contributed by atoms with Crippen molar-refractivity contribution < 1.29 is 34.7 Å². The van der Waals surface area contributed by atoms with Crippen molar-refractivity contribution in [2.75, 3.05) is 6.61 Å². The Morgan fingerprint density at radius 3 is 2.62 bits per heavy atom. The normalized spacial score (nSPS) is 18.1. The van der Waals surface area contributed by atoms with Crippen LogP contribution >= 0.6 is 0 Å². The van der Waals surface area contributed by atoms with Gasteiger partial charge in [-0.15, -0.1) is 0 Å². The molecule has 0 amide bonds. The molecule has 1 aromatic rings. The van der Waals surface area contributed by atoms with Crippen LogP contribution in [0.15, 0.2) is 29.5 Å². The fraction of sp³-hybridized carbons (Fsp3) is 0.353. The molecule has 7 heteroatoms. The summed E-state index contributed by atoms with van der Waals surface area (Å²) in [5.74, 6) is -1.81. The van der Waals surface area contributed by atoms with Crippen molar-refractivity contribution in [3.8, 4) is 11.5 Å². The maximum absolute atomic E-state index is 11.3. The molecule has 1 aliphatic carbocycles. The number of hydrogen-bond donors (Lipinski definition) is 4. The zero-order chi connectivity index (χ0) is 17.9. The summed E-state index contributed by atoms with van der Waals surface area (Å²) in [6.07, 6.45) is 0.656. The second-order valence-corrected chi connectivity index (χ2v) is 5.35. The quantitative estimate of drug-likeness (QED) is 0.367. The van der Waals surface area contributed by atoms with E-state index >= 15 is 0 Å². The van der Waals surface area contributed by atoms with Crippen LogP contribution in [-0.4, -0.2) is 39.3 Å². The molecule has 0 spiro atoms. The lowest BCUT2D eigenvalue weighted by atomic mass is 10.00. The largest absolute Gasteiger partial charge is 0.504 e. The predicted octanol–water partition coefficient (Wildman–Crippen LogP) is 1.72. The van der Waals surface area contributed by atoms with Crippen LogP contribution in [0.5, 0.6) is 11.5 Å². The second-order valence-electron chi connectivity index (χ2n) is 5.35. The summed E-state index contributed by atoms with van der Waals surface area (Å²) in [4.78, 5) is 11.3. The lowest BCUT2D eigenvalue weighted by Gasteiger charge is -2.17.